The molecule has 2 heterocycles. The van der Waals surface area contributed by atoms with Crippen molar-refractivity contribution in [3.8, 4) is 16.3 Å². The summed E-state index contributed by atoms with van der Waals surface area (Å²) in [4.78, 5) is 0.582. The van der Waals surface area contributed by atoms with Gasteiger partial charge in [-0.1, -0.05) is 17.3 Å². The Bertz CT molecular complexity index is 1090. The van der Waals surface area contributed by atoms with Crippen molar-refractivity contribution in [2.75, 3.05) is 11.3 Å². The van der Waals surface area contributed by atoms with E-state index in [1.807, 2.05) is 0 Å². The van der Waals surface area contributed by atoms with Gasteiger partial charge >= 0.3 is 6.18 Å². The number of thiophene rings is 1. The van der Waals surface area contributed by atoms with E-state index in [-0.39, 0.29) is 21.2 Å². The van der Waals surface area contributed by atoms with Crippen LogP contribution in [0.5, 0.6) is 5.75 Å². The molecule has 0 saturated heterocycles. The van der Waals surface area contributed by atoms with Gasteiger partial charge in [0.15, 0.2) is 0 Å². The predicted molar refractivity (Wildman–Crippen MR) is 98.0 cm³/mol. The highest BCUT2D eigenvalue weighted by Gasteiger charge is 2.36. The van der Waals surface area contributed by atoms with Crippen molar-refractivity contribution >= 4 is 27.0 Å². The van der Waals surface area contributed by atoms with Crippen molar-refractivity contribution in [2.45, 2.75) is 24.9 Å². The Balaban J connectivity index is 1.93. The number of hydrogen-bond acceptors (Lipinski definition) is 6. The summed E-state index contributed by atoms with van der Waals surface area (Å²) in [6, 6.07) is 8.54. The van der Waals surface area contributed by atoms with Crippen molar-refractivity contribution < 1.29 is 30.8 Å². The highest BCUT2D eigenvalue weighted by atomic mass is 32.2. The fourth-order valence-corrected chi connectivity index (χ4v) is 5.03. The summed E-state index contributed by atoms with van der Waals surface area (Å²) in [5.41, 5.74) is 0.175. The first kappa shape index (κ1) is 20.2. The molecule has 28 heavy (non-hydrogen) atoms. The second-order valence-corrected chi connectivity index (χ2v) is 8.55. The number of nitrogens with one attached hydrogen (secondary N) is 1. The Hall–Kier alpha value is -2.53. The van der Waals surface area contributed by atoms with E-state index in [0.717, 1.165) is 17.4 Å². The average molecular weight is 432 g/mol. The first-order chi connectivity index (χ1) is 13.1. The quantitative estimate of drug-likeness (QED) is 0.597. The predicted octanol–water partition coefficient (Wildman–Crippen LogP) is 4.93. The molecule has 11 heteroatoms. The molecule has 3 rings (SSSR count). The molecule has 0 atom stereocenters. The lowest BCUT2D eigenvalue weighted by atomic mass is 10.3. The Morgan fingerprint density at radius 1 is 1.25 bits per heavy atom. The minimum Gasteiger partial charge on any atom is -0.492 e. The van der Waals surface area contributed by atoms with Gasteiger partial charge in [0.1, 0.15) is 16.3 Å². The van der Waals surface area contributed by atoms with Crippen LogP contribution in [-0.2, 0) is 16.2 Å². The smallest absolute Gasteiger partial charge is 0.452 e. The van der Waals surface area contributed by atoms with Gasteiger partial charge in [0.25, 0.3) is 10.0 Å². The second kappa shape index (κ2) is 7.47. The summed E-state index contributed by atoms with van der Waals surface area (Å²) in [5, 5.41) is 3.39. The van der Waals surface area contributed by atoms with Crippen molar-refractivity contribution in [3.05, 3.63) is 47.0 Å². The Labute approximate surface area is 163 Å². The van der Waals surface area contributed by atoms with Crippen LogP contribution in [0.25, 0.3) is 10.6 Å². The maximum atomic E-state index is 12.8. The van der Waals surface area contributed by atoms with Crippen molar-refractivity contribution in [3.63, 3.8) is 0 Å². The number of nitrogens with zero attached hydrogens (tertiary/aromatic N) is 1. The molecule has 0 aliphatic rings. The zero-order chi connectivity index (χ0) is 20.5. The van der Waals surface area contributed by atoms with Gasteiger partial charge in [0.2, 0.25) is 5.76 Å². The van der Waals surface area contributed by atoms with Gasteiger partial charge in [-0.3, -0.25) is 4.72 Å². The average Bonchev–Trinajstić information content (AvgIpc) is 3.23. The number of rotatable bonds is 6. The molecule has 1 aromatic carbocycles. The molecule has 1 N–H and O–H groups in total. The van der Waals surface area contributed by atoms with E-state index in [1.54, 1.807) is 38.1 Å². The van der Waals surface area contributed by atoms with Crippen molar-refractivity contribution in [1.29, 1.82) is 0 Å². The normalized spacial score (nSPS) is 12.2. The highest BCUT2D eigenvalue weighted by Crippen LogP contribution is 2.37. The molecule has 2 aromatic heterocycles. The topological polar surface area (TPSA) is 81.4 Å². The van der Waals surface area contributed by atoms with Gasteiger partial charge in [-0.05, 0) is 32.0 Å². The van der Waals surface area contributed by atoms with Crippen LogP contribution in [0, 0.1) is 6.92 Å². The molecular weight excluding hydrogens is 417 g/mol. The Morgan fingerprint density at radius 2 is 1.96 bits per heavy atom. The third kappa shape index (κ3) is 4.14. The lowest BCUT2D eigenvalue weighted by molar-refractivity contribution is -0.155. The molecule has 0 bridgehead atoms. The molecule has 0 unspecified atom stereocenters. The number of alkyl halides is 3. The Morgan fingerprint density at radius 3 is 2.61 bits per heavy atom. The SMILES string of the molecule is CCOc1ccccc1NS(=O)(=O)c1cc(-c2cc(C(F)(F)F)on2)sc1C. The molecule has 0 radical (unpaired) electrons. The molecule has 3 aromatic rings. The van der Waals surface area contributed by atoms with Gasteiger partial charge in [-0.15, -0.1) is 11.3 Å². The van der Waals surface area contributed by atoms with Crippen LogP contribution >= 0.6 is 11.3 Å². The molecule has 6 nitrogen and oxygen atoms in total. The minimum absolute atomic E-state index is 0.0599. The molecule has 150 valence electrons. The third-order valence-corrected chi connectivity index (χ3v) is 6.33. The number of benzene rings is 1. The van der Waals surface area contributed by atoms with Crippen LogP contribution in [0.3, 0.4) is 0 Å². The van der Waals surface area contributed by atoms with Crippen LogP contribution < -0.4 is 9.46 Å². The third-order valence-electron chi connectivity index (χ3n) is 3.63. The van der Waals surface area contributed by atoms with Crippen molar-refractivity contribution in [2.24, 2.45) is 0 Å². The summed E-state index contributed by atoms with van der Waals surface area (Å²) < 4.78 is 75.8. The van der Waals surface area contributed by atoms with E-state index in [2.05, 4.69) is 14.4 Å². The van der Waals surface area contributed by atoms with Gasteiger partial charge in [-0.2, -0.15) is 13.2 Å². The number of hydrogen-bond donors (Lipinski definition) is 1. The molecular formula is C17H15F3N2O4S2. The lowest BCUT2D eigenvalue weighted by Gasteiger charge is -2.12. The van der Waals surface area contributed by atoms with E-state index < -0.39 is 22.0 Å². The first-order valence-corrected chi connectivity index (χ1v) is 10.3. The van der Waals surface area contributed by atoms with E-state index in [9.17, 15) is 21.6 Å². The van der Waals surface area contributed by atoms with Crippen LogP contribution in [0.15, 0.2) is 45.8 Å². The molecule has 0 aliphatic carbocycles. The summed E-state index contributed by atoms with van der Waals surface area (Å²) in [5.74, 6) is -0.880. The number of anilines is 1. The summed E-state index contributed by atoms with van der Waals surface area (Å²) in [7, 11) is -3.99. The van der Waals surface area contributed by atoms with Gasteiger partial charge in [0.05, 0.1) is 17.2 Å². The fraction of sp³-hybridized carbons (Fsp3) is 0.235. The maximum Gasteiger partial charge on any atom is 0.452 e. The lowest BCUT2D eigenvalue weighted by Crippen LogP contribution is -2.14. The van der Waals surface area contributed by atoms with Crippen LogP contribution in [-0.4, -0.2) is 20.2 Å². The van der Waals surface area contributed by atoms with Gasteiger partial charge in [0, 0.05) is 10.9 Å². The summed E-state index contributed by atoms with van der Waals surface area (Å²) >= 11 is 1.00. The number of aryl methyl sites for hydroxylation is 1. The number of halogens is 3. The Kier molecular flexibility index (Phi) is 5.39. The monoisotopic (exact) mass is 432 g/mol. The van der Waals surface area contributed by atoms with Gasteiger partial charge < -0.3 is 9.26 Å². The molecule has 0 aliphatic heterocycles. The standard InChI is InChI=1S/C17H15F3N2O4S2/c1-3-25-13-7-5-4-6-11(13)22-28(23,24)15-9-14(27-10(15)2)12-8-16(26-21-12)17(18,19)20/h4-9,22H,3H2,1-2H3. The summed E-state index contributed by atoms with van der Waals surface area (Å²) in [6.45, 7) is 3.68. The zero-order valence-electron chi connectivity index (χ0n) is 14.7. The first-order valence-electron chi connectivity index (χ1n) is 8.01. The fourth-order valence-electron chi connectivity index (χ4n) is 2.42. The molecule has 0 fully saturated rings. The molecule has 0 spiro atoms. The van der Waals surface area contributed by atoms with Crippen LogP contribution in [0.4, 0.5) is 18.9 Å². The van der Waals surface area contributed by atoms with Crippen molar-refractivity contribution in [1.82, 2.24) is 5.16 Å². The molecule has 0 saturated carbocycles. The second-order valence-electron chi connectivity index (χ2n) is 5.64. The van der Waals surface area contributed by atoms with E-state index in [0.29, 0.717) is 17.2 Å². The van der Waals surface area contributed by atoms with E-state index in [1.165, 1.54) is 6.07 Å². The largest absolute Gasteiger partial charge is 0.492 e. The zero-order valence-corrected chi connectivity index (χ0v) is 16.3. The van der Waals surface area contributed by atoms with Crippen LogP contribution in [0.1, 0.15) is 17.6 Å². The molecule has 0 amide bonds. The highest BCUT2D eigenvalue weighted by molar-refractivity contribution is 7.93. The van der Waals surface area contributed by atoms with Crippen LogP contribution in [0.2, 0.25) is 0 Å². The number of aromatic nitrogens is 1. The van der Waals surface area contributed by atoms with E-state index >= 15 is 0 Å². The number of sulfonamides is 1. The maximum absolute atomic E-state index is 12.8. The number of para-hydroxylation sites is 2. The van der Waals surface area contributed by atoms with E-state index in [4.69, 9.17) is 4.74 Å². The minimum atomic E-state index is -4.67. The van der Waals surface area contributed by atoms with Gasteiger partial charge in [-0.25, -0.2) is 8.42 Å². The summed E-state index contributed by atoms with van der Waals surface area (Å²) in [6.07, 6.45) is -4.67. The number of ether oxygens (including phenoxy) is 1.